The first kappa shape index (κ1) is 12.3. The first-order valence-electron chi connectivity index (χ1n) is 6.76. The zero-order chi connectivity index (χ0) is 13.4. The summed E-state index contributed by atoms with van der Waals surface area (Å²) in [5.41, 5.74) is 4.49. The molecule has 1 aliphatic rings. The van der Waals surface area contributed by atoms with E-state index in [2.05, 4.69) is 20.4 Å². The van der Waals surface area contributed by atoms with Crippen LogP contribution in [0.15, 0.2) is 12.3 Å². The van der Waals surface area contributed by atoms with Crippen LogP contribution in [0.4, 0.5) is 0 Å². The van der Waals surface area contributed by atoms with Gasteiger partial charge in [-0.2, -0.15) is 5.10 Å². The smallest absolute Gasteiger partial charge is 0.251 e. The minimum Gasteiger partial charge on any atom is -0.313 e. The highest BCUT2D eigenvalue weighted by atomic mass is 15.4. The zero-order valence-electron chi connectivity index (χ0n) is 11.6. The Balaban J connectivity index is 2.09. The van der Waals surface area contributed by atoms with Gasteiger partial charge in [-0.1, -0.05) is 0 Å². The number of nitrogens with zero attached hydrogens (tertiary/aromatic N) is 4. The molecule has 0 fully saturated rings. The van der Waals surface area contributed by atoms with E-state index in [9.17, 15) is 0 Å². The molecule has 0 amide bonds. The number of aryl methyl sites for hydroxylation is 2. The van der Waals surface area contributed by atoms with Crippen LogP contribution in [0, 0.1) is 13.8 Å². The second kappa shape index (κ2) is 4.74. The zero-order valence-corrected chi connectivity index (χ0v) is 11.6. The fourth-order valence-corrected chi connectivity index (χ4v) is 2.83. The molecule has 1 unspecified atom stereocenters. The summed E-state index contributed by atoms with van der Waals surface area (Å²) in [7, 11) is 2.00. The van der Waals surface area contributed by atoms with E-state index in [0.717, 1.165) is 17.8 Å². The molecule has 0 spiro atoms. The molecule has 100 valence electrons. The molecule has 1 N–H and O–H groups in total. The molecule has 0 saturated carbocycles. The van der Waals surface area contributed by atoms with E-state index in [0.29, 0.717) is 12.0 Å². The van der Waals surface area contributed by atoms with Crippen LogP contribution in [0.3, 0.4) is 0 Å². The van der Waals surface area contributed by atoms with Gasteiger partial charge in [0.2, 0.25) is 0 Å². The molecule has 5 nitrogen and oxygen atoms in total. The third-order valence-electron chi connectivity index (χ3n) is 3.69. The second-order valence-corrected chi connectivity index (χ2v) is 5.14. The minimum absolute atomic E-state index is 0.406. The number of aromatic nitrogens is 4. The summed E-state index contributed by atoms with van der Waals surface area (Å²) in [6.07, 6.45) is 5.35. The van der Waals surface area contributed by atoms with Gasteiger partial charge >= 0.3 is 0 Å². The molecule has 0 bridgehead atoms. The Hall–Kier alpha value is -1.75. The largest absolute Gasteiger partial charge is 0.313 e. The van der Waals surface area contributed by atoms with Crippen molar-refractivity contribution in [1.82, 2.24) is 25.1 Å². The standard InChI is InChI=1S/C14H19N5/c1-9-7-10(2)18-14(17-9)19-13-6-4-5-12(15-3)11(13)8-16-19/h7-8,12,15H,4-6H2,1-3H3. The van der Waals surface area contributed by atoms with Crippen molar-refractivity contribution in [2.75, 3.05) is 7.05 Å². The average molecular weight is 257 g/mol. The normalized spacial score (nSPS) is 18.4. The molecule has 0 saturated heterocycles. The monoisotopic (exact) mass is 257 g/mol. The Morgan fingerprint density at radius 3 is 2.68 bits per heavy atom. The van der Waals surface area contributed by atoms with Crippen LogP contribution in [-0.4, -0.2) is 26.8 Å². The van der Waals surface area contributed by atoms with Crippen LogP contribution < -0.4 is 5.32 Å². The van der Waals surface area contributed by atoms with E-state index in [1.807, 2.05) is 37.8 Å². The Kier molecular flexibility index (Phi) is 3.06. The fraction of sp³-hybridized carbons (Fsp3) is 0.500. The van der Waals surface area contributed by atoms with Crippen LogP contribution in [0.2, 0.25) is 0 Å². The predicted octanol–water partition coefficient (Wildman–Crippen LogP) is 1.88. The van der Waals surface area contributed by atoms with Crippen molar-refractivity contribution in [1.29, 1.82) is 0 Å². The van der Waals surface area contributed by atoms with Gasteiger partial charge in [0.15, 0.2) is 0 Å². The van der Waals surface area contributed by atoms with Gasteiger partial charge in [0.1, 0.15) is 0 Å². The minimum atomic E-state index is 0.406. The predicted molar refractivity (Wildman–Crippen MR) is 73.4 cm³/mol. The topological polar surface area (TPSA) is 55.6 Å². The van der Waals surface area contributed by atoms with Crippen molar-refractivity contribution < 1.29 is 0 Å². The third-order valence-corrected chi connectivity index (χ3v) is 3.69. The lowest BCUT2D eigenvalue weighted by atomic mass is 9.93. The summed E-state index contributed by atoms with van der Waals surface area (Å²) < 4.78 is 1.90. The van der Waals surface area contributed by atoms with Gasteiger partial charge in [0, 0.05) is 23.0 Å². The SMILES string of the molecule is CNC1CCCc2c1cnn2-c1nc(C)cc(C)n1. The molecule has 0 aromatic carbocycles. The van der Waals surface area contributed by atoms with Crippen LogP contribution in [0.5, 0.6) is 0 Å². The number of fused-ring (bicyclic) bond motifs is 1. The van der Waals surface area contributed by atoms with Gasteiger partial charge in [-0.15, -0.1) is 0 Å². The van der Waals surface area contributed by atoms with Crippen LogP contribution >= 0.6 is 0 Å². The van der Waals surface area contributed by atoms with Crippen LogP contribution in [0.25, 0.3) is 5.95 Å². The van der Waals surface area contributed by atoms with Crippen LogP contribution in [-0.2, 0) is 6.42 Å². The van der Waals surface area contributed by atoms with E-state index in [-0.39, 0.29) is 0 Å². The molecule has 0 radical (unpaired) electrons. The Bertz CT molecular complexity index is 582. The number of rotatable bonds is 2. The molecule has 2 heterocycles. The second-order valence-electron chi connectivity index (χ2n) is 5.14. The molecule has 1 atom stereocenters. The summed E-state index contributed by atoms with van der Waals surface area (Å²) in [6.45, 7) is 3.98. The number of nitrogens with one attached hydrogen (secondary N) is 1. The van der Waals surface area contributed by atoms with Crippen molar-refractivity contribution in [3.05, 3.63) is 34.9 Å². The fourth-order valence-electron chi connectivity index (χ4n) is 2.83. The molecule has 0 aliphatic heterocycles. The molecular weight excluding hydrogens is 238 g/mol. The van der Waals surface area contributed by atoms with Gasteiger partial charge in [-0.05, 0) is 46.2 Å². The van der Waals surface area contributed by atoms with Crippen molar-refractivity contribution in [3.8, 4) is 5.95 Å². The van der Waals surface area contributed by atoms with Gasteiger partial charge in [0.25, 0.3) is 5.95 Å². The van der Waals surface area contributed by atoms with Gasteiger partial charge in [-0.25, -0.2) is 14.6 Å². The van der Waals surface area contributed by atoms with E-state index in [1.165, 1.54) is 24.1 Å². The van der Waals surface area contributed by atoms with Gasteiger partial charge in [0.05, 0.1) is 11.9 Å². The highest BCUT2D eigenvalue weighted by molar-refractivity contribution is 5.30. The summed E-state index contributed by atoms with van der Waals surface area (Å²) in [4.78, 5) is 9.01. The van der Waals surface area contributed by atoms with Gasteiger partial charge < -0.3 is 5.32 Å². The Morgan fingerprint density at radius 1 is 1.26 bits per heavy atom. The molecular formula is C14H19N5. The highest BCUT2D eigenvalue weighted by Gasteiger charge is 2.24. The lowest BCUT2D eigenvalue weighted by Crippen LogP contribution is -2.22. The maximum absolute atomic E-state index is 4.50. The third kappa shape index (κ3) is 2.14. The molecule has 2 aromatic rings. The van der Waals surface area contributed by atoms with Crippen molar-refractivity contribution in [2.24, 2.45) is 0 Å². The quantitative estimate of drug-likeness (QED) is 0.892. The molecule has 5 heteroatoms. The van der Waals surface area contributed by atoms with E-state index in [1.54, 1.807) is 0 Å². The maximum Gasteiger partial charge on any atom is 0.251 e. The van der Waals surface area contributed by atoms with Crippen molar-refractivity contribution >= 4 is 0 Å². The first-order valence-corrected chi connectivity index (χ1v) is 6.76. The molecule has 19 heavy (non-hydrogen) atoms. The van der Waals surface area contributed by atoms with E-state index in [4.69, 9.17) is 0 Å². The number of hydrogen-bond donors (Lipinski definition) is 1. The maximum atomic E-state index is 4.50. The molecule has 2 aromatic heterocycles. The summed E-state index contributed by atoms with van der Waals surface area (Å²) in [5.74, 6) is 0.690. The first-order chi connectivity index (χ1) is 9.19. The highest BCUT2D eigenvalue weighted by Crippen LogP contribution is 2.30. The van der Waals surface area contributed by atoms with Crippen LogP contribution in [0.1, 0.15) is 41.5 Å². The average Bonchev–Trinajstić information content (AvgIpc) is 2.81. The summed E-state index contributed by atoms with van der Waals surface area (Å²) in [6, 6.07) is 2.39. The van der Waals surface area contributed by atoms with Crippen molar-refractivity contribution in [3.63, 3.8) is 0 Å². The molecule has 3 rings (SSSR count). The Morgan fingerprint density at radius 2 is 2.00 bits per heavy atom. The van der Waals surface area contributed by atoms with E-state index >= 15 is 0 Å². The number of hydrogen-bond acceptors (Lipinski definition) is 4. The Labute approximate surface area is 113 Å². The van der Waals surface area contributed by atoms with Gasteiger partial charge in [-0.3, -0.25) is 0 Å². The van der Waals surface area contributed by atoms with Crippen molar-refractivity contribution in [2.45, 2.75) is 39.2 Å². The lowest BCUT2D eigenvalue weighted by Gasteiger charge is -2.22. The molecule has 1 aliphatic carbocycles. The summed E-state index contributed by atoms with van der Waals surface area (Å²) >= 11 is 0. The van der Waals surface area contributed by atoms with E-state index < -0.39 is 0 Å². The summed E-state index contributed by atoms with van der Waals surface area (Å²) in [5, 5.41) is 7.85. The lowest BCUT2D eigenvalue weighted by molar-refractivity contribution is 0.489.